The molecule has 1 saturated heterocycles. The quantitative estimate of drug-likeness (QED) is 0.666. The van der Waals surface area contributed by atoms with Crippen molar-refractivity contribution < 1.29 is 14.6 Å². The molecule has 2 heterocycles. The van der Waals surface area contributed by atoms with E-state index in [4.69, 9.17) is 4.74 Å². The summed E-state index contributed by atoms with van der Waals surface area (Å²) in [6.07, 6.45) is 2.23. The Morgan fingerprint density at radius 1 is 1.67 bits per heavy atom. The molecular formula is C11H18N4O3. The molecule has 1 fully saturated rings. The number of aryl methyl sites for hydroxylation is 1. The number of nitrogens with one attached hydrogen (secondary N) is 2. The summed E-state index contributed by atoms with van der Waals surface area (Å²) < 4.78 is 5.10. The normalized spacial score (nSPS) is 23.2. The van der Waals surface area contributed by atoms with E-state index in [1.54, 1.807) is 0 Å². The van der Waals surface area contributed by atoms with Crippen LogP contribution in [0.5, 0.6) is 0 Å². The molecule has 0 radical (unpaired) electrons. The zero-order valence-corrected chi connectivity index (χ0v) is 10.4. The molecular weight excluding hydrogens is 236 g/mol. The van der Waals surface area contributed by atoms with E-state index in [9.17, 15) is 9.90 Å². The molecule has 3 N–H and O–H groups in total. The molecule has 0 aromatic carbocycles. The largest absolute Gasteiger partial charge is 0.386 e. The van der Waals surface area contributed by atoms with Gasteiger partial charge in [0.15, 0.2) is 0 Å². The monoisotopic (exact) mass is 254 g/mol. The molecule has 0 bridgehead atoms. The third kappa shape index (κ3) is 3.05. The lowest BCUT2D eigenvalue weighted by Crippen LogP contribution is -2.43. The van der Waals surface area contributed by atoms with Gasteiger partial charge in [0, 0.05) is 26.0 Å². The minimum atomic E-state index is -0.960. The van der Waals surface area contributed by atoms with Crippen molar-refractivity contribution in [2.75, 3.05) is 19.8 Å². The summed E-state index contributed by atoms with van der Waals surface area (Å²) in [6, 6.07) is 0. The molecule has 0 aliphatic carbocycles. The number of aliphatic hydroxyl groups is 1. The van der Waals surface area contributed by atoms with Gasteiger partial charge < -0.3 is 15.2 Å². The first-order chi connectivity index (χ1) is 8.63. The number of H-pyrrole nitrogens is 1. The van der Waals surface area contributed by atoms with Gasteiger partial charge >= 0.3 is 0 Å². The van der Waals surface area contributed by atoms with Crippen LogP contribution < -0.4 is 5.32 Å². The smallest absolute Gasteiger partial charge is 0.291 e. The molecule has 0 spiro atoms. The predicted molar refractivity (Wildman–Crippen MR) is 63.1 cm³/mol. The lowest BCUT2D eigenvalue weighted by molar-refractivity contribution is 0.0263. The van der Waals surface area contributed by atoms with Crippen molar-refractivity contribution in [1.29, 1.82) is 0 Å². The van der Waals surface area contributed by atoms with E-state index in [0.29, 0.717) is 18.9 Å². The van der Waals surface area contributed by atoms with Crippen molar-refractivity contribution in [1.82, 2.24) is 20.5 Å². The SMILES string of the molecule is CCCc1nc(C(=O)NCC2(O)CCOC2)n[nH]1. The van der Waals surface area contributed by atoms with E-state index >= 15 is 0 Å². The van der Waals surface area contributed by atoms with E-state index in [1.807, 2.05) is 6.92 Å². The van der Waals surface area contributed by atoms with E-state index < -0.39 is 5.60 Å². The number of rotatable bonds is 5. The zero-order valence-electron chi connectivity index (χ0n) is 10.4. The Morgan fingerprint density at radius 2 is 2.50 bits per heavy atom. The number of hydrogen-bond donors (Lipinski definition) is 3. The molecule has 2 rings (SSSR count). The van der Waals surface area contributed by atoms with Crippen molar-refractivity contribution in [3.63, 3.8) is 0 Å². The number of aromatic nitrogens is 3. The number of ether oxygens (including phenoxy) is 1. The van der Waals surface area contributed by atoms with Crippen molar-refractivity contribution in [2.24, 2.45) is 0 Å². The fraction of sp³-hybridized carbons (Fsp3) is 0.727. The molecule has 1 unspecified atom stereocenters. The molecule has 1 aromatic rings. The summed E-state index contributed by atoms with van der Waals surface area (Å²) in [5.41, 5.74) is -0.960. The lowest BCUT2D eigenvalue weighted by atomic mass is 10.0. The molecule has 100 valence electrons. The average molecular weight is 254 g/mol. The molecule has 18 heavy (non-hydrogen) atoms. The maximum absolute atomic E-state index is 11.8. The Morgan fingerprint density at radius 3 is 3.17 bits per heavy atom. The average Bonchev–Trinajstić information content (AvgIpc) is 2.97. The highest BCUT2D eigenvalue weighted by molar-refractivity contribution is 5.90. The van der Waals surface area contributed by atoms with Crippen LogP contribution in [0.4, 0.5) is 0 Å². The first kappa shape index (κ1) is 13.0. The van der Waals surface area contributed by atoms with Gasteiger partial charge in [-0.25, -0.2) is 4.98 Å². The summed E-state index contributed by atoms with van der Waals surface area (Å²) in [5, 5.41) is 19.2. The van der Waals surface area contributed by atoms with Crippen LogP contribution in [-0.2, 0) is 11.2 Å². The molecule has 1 amide bonds. The van der Waals surface area contributed by atoms with Crippen LogP contribution in [0.3, 0.4) is 0 Å². The fourth-order valence-electron chi connectivity index (χ4n) is 1.81. The van der Waals surface area contributed by atoms with Gasteiger partial charge in [-0.3, -0.25) is 9.89 Å². The number of carbonyl (C=O) groups excluding carboxylic acids is 1. The summed E-state index contributed by atoms with van der Waals surface area (Å²) in [6.45, 7) is 2.96. The molecule has 1 aromatic heterocycles. The van der Waals surface area contributed by atoms with Crippen LogP contribution >= 0.6 is 0 Å². The Balaban J connectivity index is 1.87. The zero-order chi connectivity index (χ0) is 13.0. The number of hydrogen-bond acceptors (Lipinski definition) is 5. The van der Waals surface area contributed by atoms with Gasteiger partial charge in [0.1, 0.15) is 11.4 Å². The second-order valence-corrected chi connectivity index (χ2v) is 4.57. The predicted octanol–water partition coefficient (Wildman–Crippen LogP) is -0.362. The van der Waals surface area contributed by atoms with Gasteiger partial charge in [-0.2, -0.15) is 0 Å². The molecule has 1 atom stereocenters. The highest BCUT2D eigenvalue weighted by atomic mass is 16.5. The fourth-order valence-corrected chi connectivity index (χ4v) is 1.81. The maximum Gasteiger partial charge on any atom is 0.291 e. The standard InChI is InChI=1S/C11H18N4O3/c1-2-3-8-13-9(15-14-8)10(16)12-6-11(17)4-5-18-7-11/h17H,2-7H2,1H3,(H,12,16)(H,13,14,15). The van der Waals surface area contributed by atoms with Crippen LogP contribution in [0, 0.1) is 0 Å². The third-order valence-electron chi connectivity index (χ3n) is 2.88. The van der Waals surface area contributed by atoms with E-state index in [1.165, 1.54) is 0 Å². The maximum atomic E-state index is 11.8. The number of carbonyl (C=O) groups is 1. The van der Waals surface area contributed by atoms with Crippen LogP contribution in [0.25, 0.3) is 0 Å². The minimum absolute atomic E-state index is 0.112. The first-order valence-corrected chi connectivity index (χ1v) is 6.12. The van der Waals surface area contributed by atoms with Gasteiger partial charge in [0.2, 0.25) is 5.82 Å². The summed E-state index contributed by atoms with van der Waals surface area (Å²) in [5.74, 6) is 0.431. The Bertz CT molecular complexity index is 412. The second-order valence-electron chi connectivity index (χ2n) is 4.57. The Hall–Kier alpha value is -1.47. The lowest BCUT2D eigenvalue weighted by Gasteiger charge is -2.19. The molecule has 1 aliphatic rings. The molecule has 7 heteroatoms. The third-order valence-corrected chi connectivity index (χ3v) is 2.88. The Kier molecular flexibility index (Phi) is 3.93. The van der Waals surface area contributed by atoms with Gasteiger partial charge in [0.25, 0.3) is 5.91 Å². The number of aromatic amines is 1. The van der Waals surface area contributed by atoms with E-state index in [2.05, 4.69) is 20.5 Å². The minimum Gasteiger partial charge on any atom is -0.386 e. The summed E-state index contributed by atoms with van der Waals surface area (Å²) >= 11 is 0. The van der Waals surface area contributed by atoms with Crippen LogP contribution in [-0.4, -0.2) is 51.6 Å². The molecule has 1 aliphatic heterocycles. The summed E-state index contributed by atoms with van der Waals surface area (Å²) in [7, 11) is 0. The van der Waals surface area contributed by atoms with Crippen molar-refractivity contribution >= 4 is 5.91 Å². The van der Waals surface area contributed by atoms with Crippen molar-refractivity contribution in [3.05, 3.63) is 11.6 Å². The number of nitrogens with zero attached hydrogens (tertiary/aromatic N) is 2. The summed E-state index contributed by atoms with van der Waals surface area (Å²) in [4.78, 5) is 15.8. The molecule has 0 saturated carbocycles. The van der Waals surface area contributed by atoms with Crippen LogP contribution in [0.1, 0.15) is 36.2 Å². The van der Waals surface area contributed by atoms with Gasteiger partial charge in [-0.1, -0.05) is 6.92 Å². The van der Waals surface area contributed by atoms with Gasteiger partial charge in [-0.15, -0.1) is 5.10 Å². The van der Waals surface area contributed by atoms with Crippen LogP contribution in [0.15, 0.2) is 0 Å². The highest BCUT2D eigenvalue weighted by Crippen LogP contribution is 2.16. The Labute approximate surface area is 105 Å². The molecule has 7 nitrogen and oxygen atoms in total. The van der Waals surface area contributed by atoms with E-state index in [-0.39, 0.29) is 24.9 Å². The topological polar surface area (TPSA) is 100 Å². The first-order valence-electron chi connectivity index (χ1n) is 6.12. The van der Waals surface area contributed by atoms with Crippen LogP contribution in [0.2, 0.25) is 0 Å². The van der Waals surface area contributed by atoms with Crippen molar-refractivity contribution in [3.8, 4) is 0 Å². The van der Waals surface area contributed by atoms with Gasteiger partial charge in [0.05, 0.1) is 6.61 Å². The number of amides is 1. The van der Waals surface area contributed by atoms with Crippen molar-refractivity contribution in [2.45, 2.75) is 31.8 Å². The highest BCUT2D eigenvalue weighted by Gasteiger charge is 2.32. The van der Waals surface area contributed by atoms with E-state index in [0.717, 1.165) is 12.8 Å². The second kappa shape index (κ2) is 5.45. The van der Waals surface area contributed by atoms with Gasteiger partial charge in [-0.05, 0) is 6.42 Å².